The van der Waals surface area contributed by atoms with Crippen molar-refractivity contribution in [3.8, 4) is 0 Å². The molecule has 0 saturated carbocycles. The molecule has 1 unspecified atom stereocenters. The number of pyridine rings is 1. The highest BCUT2D eigenvalue weighted by atomic mass is 35.5. The molecule has 1 fully saturated rings. The summed E-state index contributed by atoms with van der Waals surface area (Å²) in [5.41, 5.74) is 0.910. The Labute approximate surface area is 127 Å². The van der Waals surface area contributed by atoms with E-state index < -0.39 is 12.7 Å². The Balaban J connectivity index is 1.92. The highest BCUT2D eigenvalue weighted by molar-refractivity contribution is 6.33. The Morgan fingerprint density at radius 1 is 1.48 bits per heavy atom. The predicted molar refractivity (Wildman–Crippen MR) is 77.7 cm³/mol. The van der Waals surface area contributed by atoms with Crippen LogP contribution in [0.5, 0.6) is 0 Å². The normalized spacial score (nSPS) is 19.5. The summed E-state index contributed by atoms with van der Waals surface area (Å²) in [5.74, 6) is 0.233. The third kappa shape index (κ3) is 4.74. The summed E-state index contributed by atoms with van der Waals surface area (Å²) in [6.07, 6.45) is 0.0124. The molecular formula is C14H19ClF3N3. The Morgan fingerprint density at radius 3 is 2.86 bits per heavy atom. The van der Waals surface area contributed by atoms with E-state index in [0.29, 0.717) is 18.1 Å². The minimum absolute atomic E-state index is 0.233. The number of nitrogens with zero attached hydrogens (tertiary/aromatic N) is 3. The van der Waals surface area contributed by atoms with Crippen molar-refractivity contribution < 1.29 is 13.2 Å². The SMILES string of the molecule is CCN(CC1CCN(c2ccncc2Cl)C1)CC(F)(F)F. The zero-order valence-corrected chi connectivity index (χ0v) is 12.7. The predicted octanol–water partition coefficient (Wildman–Crippen LogP) is 3.45. The molecule has 2 heterocycles. The number of hydrogen-bond donors (Lipinski definition) is 0. The van der Waals surface area contributed by atoms with Crippen LogP contribution in [0.4, 0.5) is 18.9 Å². The van der Waals surface area contributed by atoms with Gasteiger partial charge in [0.2, 0.25) is 0 Å². The van der Waals surface area contributed by atoms with Gasteiger partial charge in [-0.1, -0.05) is 18.5 Å². The van der Waals surface area contributed by atoms with Gasteiger partial charge in [-0.25, -0.2) is 0 Å². The Morgan fingerprint density at radius 2 is 2.24 bits per heavy atom. The van der Waals surface area contributed by atoms with Gasteiger partial charge in [0.15, 0.2) is 0 Å². The molecule has 2 rings (SSSR count). The van der Waals surface area contributed by atoms with Crippen molar-refractivity contribution in [3.63, 3.8) is 0 Å². The van der Waals surface area contributed by atoms with Gasteiger partial charge in [0.05, 0.1) is 17.3 Å². The molecule has 0 aromatic carbocycles. The first kappa shape index (κ1) is 16.4. The minimum Gasteiger partial charge on any atom is -0.370 e. The van der Waals surface area contributed by atoms with Crippen LogP contribution in [0.1, 0.15) is 13.3 Å². The van der Waals surface area contributed by atoms with Gasteiger partial charge in [-0.15, -0.1) is 0 Å². The third-order valence-corrected chi connectivity index (χ3v) is 4.04. The van der Waals surface area contributed by atoms with E-state index in [0.717, 1.165) is 25.2 Å². The van der Waals surface area contributed by atoms with E-state index >= 15 is 0 Å². The van der Waals surface area contributed by atoms with E-state index in [9.17, 15) is 13.2 Å². The van der Waals surface area contributed by atoms with Crippen molar-refractivity contribution in [1.29, 1.82) is 0 Å². The quantitative estimate of drug-likeness (QED) is 0.828. The van der Waals surface area contributed by atoms with Crippen molar-refractivity contribution in [2.45, 2.75) is 19.5 Å². The average molecular weight is 322 g/mol. The minimum atomic E-state index is -4.14. The summed E-state index contributed by atoms with van der Waals surface area (Å²) in [4.78, 5) is 7.53. The molecule has 7 heteroatoms. The van der Waals surface area contributed by atoms with Crippen LogP contribution in [0.15, 0.2) is 18.5 Å². The maximum atomic E-state index is 12.5. The fraction of sp³-hybridized carbons (Fsp3) is 0.643. The fourth-order valence-corrected chi connectivity index (χ4v) is 2.99. The van der Waals surface area contributed by atoms with Crippen LogP contribution in [0, 0.1) is 5.92 Å². The molecule has 1 aliphatic rings. The number of halogens is 4. The number of rotatable bonds is 5. The van der Waals surface area contributed by atoms with E-state index in [2.05, 4.69) is 9.88 Å². The maximum absolute atomic E-state index is 12.5. The molecule has 1 saturated heterocycles. The molecule has 0 spiro atoms. The zero-order valence-electron chi connectivity index (χ0n) is 11.9. The van der Waals surface area contributed by atoms with E-state index in [-0.39, 0.29) is 5.92 Å². The van der Waals surface area contributed by atoms with Crippen LogP contribution < -0.4 is 4.90 Å². The van der Waals surface area contributed by atoms with Crippen molar-refractivity contribution >= 4 is 17.3 Å². The number of alkyl halides is 3. The Bertz CT molecular complexity index is 467. The van der Waals surface area contributed by atoms with Gasteiger partial charge in [-0.3, -0.25) is 9.88 Å². The largest absolute Gasteiger partial charge is 0.401 e. The summed E-state index contributed by atoms with van der Waals surface area (Å²) in [5, 5.41) is 0.584. The molecule has 0 bridgehead atoms. The fourth-order valence-electron chi connectivity index (χ4n) is 2.75. The van der Waals surface area contributed by atoms with Crippen LogP contribution in [-0.2, 0) is 0 Å². The molecule has 3 nitrogen and oxygen atoms in total. The molecular weight excluding hydrogens is 303 g/mol. The molecule has 1 aliphatic heterocycles. The second kappa shape index (κ2) is 6.83. The maximum Gasteiger partial charge on any atom is 0.401 e. The molecule has 0 radical (unpaired) electrons. The Kier molecular flexibility index (Phi) is 5.32. The lowest BCUT2D eigenvalue weighted by molar-refractivity contribution is -0.146. The first-order valence-corrected chi connectivity index (χ1v) is 7.40. The van der Waals surface area contributed by atoms with Gasteiger partial charge in [0.25, 0.3) is 0 Å². The van der Waals surface area contributed by atoms with E-state index in [1.807, 2.05) is 6.07 Å². The third-order valence-electron chi connectivity index (χ3n) is 3.74. The average Bonchev–Trinajstić information content (AvgIpc) is 2.85. The smallest absolute Gasteiger partial charge is 0.370 e. The van der Waals surface area contributed by atoms with E-state index in [4.69, 9.17) is 11.6 Å². The second-order valence-corrected chi connectivity index (χ2v) is 5.78. The van der Waals surface area contributed by atoms with Crippen LogP contribution in [0.2, 0.25) is 5.02 Å². The molecule has 1 aromatic heterocycles. The first-order valence-electron chi connectivity index (χ1n) is 7.02. The lowest BCUT2D eigenvalue weighted by atomic mass is 10.1. The van der Waals surface area contributed by atoms with Gasteiger partial charge < -0.3 is 4.90 Å². The standard InChI is InChI=1S/C14H19ClF3N3/c1-2-20(10-14(16,17)18)8-11-4-6-21(9-11)13-3-5-19-7-12(13)15/h3,5,7,11H,2,4,6,8-10H2,1H3. The number of aromatic nitrogens is 1. The highest BCUT2D eigenvalue weighted by Gasteiger charge is 2.32. The summed E-state index contributed by atoms with van der Waals surface area (Å²) in [7, 11) is 0. The van der Waals surface area contributed by atoms with Gasteiger partial charge >= 0.3 is 6.18 Å². The van der Waals surface area contributed by atoms with Crippen molar-refractivity contribution in [2.75, 3.05) is 37.6 Å². The second-order valence-electron chi connectivity index (χ2n) is 5.37. The molecule has 1 aromatic rings. The number of hydrogen-bond acceptors (Lipinski definition) is 3. The summed E-state index contributed by atoms with van der Waals surface area (Å²) >= 11 is 6.11. The first-order chi connectivity index (χ1) is 9.89. The lowest BCUT2D eigenvalue weighted by Gasteiger charge is -2.25. The van der Waals surface area contributed by atoms with Gasteiger partial charge in [0, 0.05) is 32.0 Å². The molecule has 21 heavy (non-hydrogen) atoms. The van der Waals surface area contributed by atoms with Gasteiger partial charge in [0.1, 0.15) is 0 Å². The highest BCUT2D eigenvalue weighted by Crippen LogP contribution is 2.30. The van der Waals surface area contributed by atoms with Crippen molar-refractivity contribution in [3.05, 3.63) is 23.5 Å². The molecule has 1 atom stereocenters. The Hall–Kier alpha value is -1.01. The monoisotopic (exact) mass is 321 g/mol. The van der Waals surface area contributed by atoms with Gasteiger partial charge in [-0.05, 0) is 24.9 Å². The van der Waals surface area contributed by atoms with Gasteiger partial charge in [-0.2, -0.15) is 13.2 Å². The number of anilines is 1. The molecule has 0 aliphatic carbocycles. The lowest BCUT2D eigenvalue weighted by Crippen LogP contribution is -2.38. The summed E-state index contributed by atoms with van der Waals surface area (Å²) < 4.78 is 37.5. The van der Waals surface area contributed by atoms with Crippen LogP contribution >= 0.6 is 11.6 Å². The molecule has 0 amide bonds. The van der Waals surface area contributed by atoms with Crippen molar-refractivity contribution in [1.82, 2.24) is 9.88 Å². The van der Waals surface area contributed by atoms with E-state index in [1.54, 1.807) is 19.3 Å². The van der Waals surface area contributed by atoms with Crippen LogP contribution in [0.3, 0.4) is 0 Å². The topological polar surface area (TPSA) is 19.4 Å². The van der Waals surface area contributed by atoms with Crippen molar-refractivity contribution in [2.24, 2.45) is 5.92 Å². The summed E-state index contributed by atoms with van der Waals surface area (Å²) in [6, 6.07) is 1.85. The molecule has 0 N–H and O–H groups in total. The zero-order chi connectivity index (χ0) is 15.5. The van der Waals surface area contributed by atoms with Crippen LogP contribution in [-0.4, -0.2) is 48.8 Å². The molecule has 118 valence electrons. The van der Waals surface area contributed by atoms with E-state index in [1.165, 1.54) is 4.90 Å². The summed E-state index contributed by atoms with van der Waals surface area (Å²) in [6.45, 7) is 3.35. The van der Waals surface area contributed by atoms with Crippen LogP contribution in [0.25, 0.3) is 0 Å².